The second kappa shape index (κ2) is 5.98. The number of rotatable bonds is 4. The van der Waals surface area contributed by atoms with E-state index < -0.39 is 0 Å². The first kappa shape index (κ1) is 15.4. The van der Waals surface area contributed by atoms with Crippen LogP contribution in [0.2, 0.25) is 0 Å². The third-order valence-corrected chi connectivity index (χ3v) is 6.38. The molecule has 1 N–H and O–H groups in total. The number of hydrogen-bond acceptors (Lipinski definition) is 4. The Morgan fingerprint density at radius 1 is 1.24 bits per heavy atom. The zero-order chi connectivity index (χ0) is 15.0. The zero-order valence-corrected chi connectivity index (χ0v) is 14.7. The van der Waals surface area contributed by atoms with Crippen LogP contribution in [0.25, 0.3) is 0 Å². The van der Waals surface area contributed by atoms with Gasteiger partial charge in [-0.2, -0.15) is 0 Å². The lowest BCUT2D eigenvalue weighted by Gasteiger charge is -2.33. The fourth-order valence-corrected chi connectivity index (χ4v) is 4.51. The fraction of sp³-hybridized carbons (Fsp3) is 0.824. The van der Waals surface area contributed by atoms with Crippen molar-refractivity contribution in [3.63, 3.8) is 0 Å². The van der Waals surface area contributed by atoms with Crippen LogP contribution in [0.5, 0.6) is 0 Å². The van der Waals surface area contributed by atoms with E-state index in [1.807, 2.05) is 11.3 Å². The Labute approximate surface area is 133 Å². The molecule has 0 spiro atoms. The van der Waals surface area contributed by atoms with Crippen molar-refractivity contribution in [1.82, 2.24) is 15.2 Å². The number of likely N-dealkylation sites (tertiary alicyclic amines) is 1. The minimum Gasteiger partial charge on any atom is -0.303 e. The lowest BCUT2D eigenvalue weighted by Crippen LogP contribution is -2.44. The number of nitrogens with zero attached hydrogens (tertiary/aromatic N) is 2. The zero-order valence-electron chi connectivity index (χ0n) is 13.9. The molecule has 1 saturated heterocycles. The van der Waals surface area contributed by atoms with Crippen LogP contribution in [0, 0.1) is 13.8 Å². The first-order valence-corrected chi connectivity index (χ1v) is 9.28. The smallest absolute Gasteiger partial charge is 0.113 e. The number of aryl methyl sites for hydroxylation is 2. The molecule has 3 nitrogen and oxygen atoms in total. The lowest BCUT2D eigenvalue weighted by atomic mass is 9.91. The van der Waals surface area contributed by atoms with Gasteiger partial charge >= 0.3 is 0 Å². The van der Waals surface area contributed by atoms with Crippen molar-refractivity contribution in [1.29, 1.82) is 0 Å². The summed E-state index contributed by atoms with van der Waals surface area (Å²) in [6.07, 6.45) is 6.40. The predicted molar refractivity (Wildman–Crippen MR) is 90.0 cm³/mol. The van der Waals surface area contributed by atoms with Crippen LogP contribution >= 0.6 is 11.3 Å². The average Bonchev–Trinajstić information content (AvgIpc) is 3.20. The molecule has 118 valence electrons. The Hall–Kier alpha value is -0.450. The first-order valence-electron chi connectivity index (χ1n) is 8.46. The maximum Gasteiger partial charge on any atom is 0.113 e. The standard InChI is InChI=1S/C17H29N3S/c1-12(2)20-10-5-8-17(9-11-20,19-15-6-7-15)16-18-13(3)14(4)21-16/h12,15,19H,5-11H2,1-4H3. The first-order chi connectivity index (χ1) is 10.00. The van der Waals surface area contributed by atoms with Crippen molar-refractivity contribution in [2.45, 2.75) is 77.4 Å². The Morgan fingerprint density at radius 3 is 2.57 bits per heavy atom. The summed E-state index contributed by atoms with van der Waals surface area (Å²) >= 11 is 1.92. The van der Waals surface area contributed by atoms with E-state index in [4.69, 9.17) is 4.98 Å². The summed E-state index contributed by atoms with van der Waals surface area (Å²) in [6, 6.07) is 1.39. The van der Waals surface area contributed by atoms with Gasteiger partial charge in [0.25, 0.3) is 0 Å². The van der Waals surface area contributed by atoms with Gasteiger partial charge in [0.15, 0.2) is 0 Å². The summed E-state index contributed by atoms with van der Waals surface area (Å²) < 4.78 is 0. The molecule has 4 heteroatoms. The summed E-state index contributed by atoms with van der Waals surface area (Å²) in [5, 5.41) is 5.33. The second-order valence-corrected chi connectivity index (χ2v) is 8.35. The molecule has 3 rings (SSSR count). The minimum absolute atomic E-state index is 0.133. The van der Waals surface area contributed by atoms with E-state index in [-0.39, 0.29) is 5.54 Å². The van der Waals surface area contributed by atoms with E-state index in [2.05, 4.69) is 37.9 Å². The topological polar surface area (TPSA) is 28.2 Å². The van der Waals surface area contributed by atoms with Crippen molar-refractivity contribution >= 4 is 11.3 Å². The van der Waals surface area contributed by atoms with Crippen molar-refractivity contribution in [2.24, 2.45) is 0 Å². The molecule has 0 radical (unpaired) electrons. The molecule has 1 aliphatic heterocycles. The molecule has 1 atom stereocenters. The maximum absolute atomic E-state index is 4.94. The minimum atomic E-state index is 0.133. The SMILES string of the molecule is Cc1nc(C2(NC3CC3)CCCN(C(C)C)CC2)sc1C. The van der Waals surface area contributed by atoms with Crippen molar-refractivity contribution in [3.05, 3.63) is 15.6 Å². The van der Waals surface area contributed by atoms with Crippen LogP contribution in [-0.4, -0.2) is 35.1 Å². The van der Waals surface area contributed by atoms with Crippen LogP contribution < -0.4 is 5.32 Å². The van der Waals surface area contributed by atoms with E-state index >= 15 is 0 Å². The van der Waals surface area contributed by atoms with E-state index in [0.29, 0.717) is 6.04 Å². The van der Waals surface area contributed by atoms with Gasteiger partial charge in [0.05, 0.1) is 11.2 Å². The van der Waals surface area contributed by atoms with Gasteiger partial charge in [-0.15, -0.1) is 11.3 Å². The summed E-state index contributed by atoms with van der Waals surface area (Å²) in [6.45, 7) is 11.4. The largest absolute Gasteiger partial charge is 0.303 e. The van der Waals surface area contributed by atoms with Crippen LogP contribution in [0.4, 0.5) is 0 Å². The summed E-state index contributed by atoms with van der Waals surface area (Å²) in [4.78, 5) is 8.95. The summed E-state index contributed by atoms with van der Waals surface area (Å²) in [5.74, 6) is 0. The second-order valence-electron chi connectivity index (χ2n) is 7.14. The molecular weight excluding hydrogens is 278 g/mol. The highest BCUT2D eigenvalue weighted by Crippen LogP contribution is 2.39. The number of thiazole rings is 1. The van der Waals surface area contributed by atoms with Gasteiger partial charge < -0.3 is 10.2 Å². The normalized spacial score (nSPS) is 28.0. The molecule has 2 aliphatic rings. The molecule has 2 fully saturated rings. The Bertz CT molecular complexity index is 473. The summed E-state index contributed by atoms with van der Waals surface area (Å²) in [5.41, 5.74) is 1.35. The molecule has 0 aromatic carbocycles. The van der Waals surface area contributed by atoms with Gasteiger partial charge in [-0.1, -0.05) is 0 Å². The lowest BCUT2D eigenvalue weighted by molar-refractivity contribution is 0.216. The highest BCUT2D eigenvalue weighted by atomic mass is 32.1. The number of hydrogen-bond donors (Lipinski definition) is 1. The van der Waals surface area contributed by atoms with E-state index in [9.17, 15) is 0 Å². The molecule has 1 unspecified atom stereocenters. The Kier molecular flexibility index (Phi) is 4.40. The Balaban J connectivity index is 1.86. The van der Waals surface area contributed by atoms with E-state index in [1.165, 1.54) is 60.8 Å². The quantitative estimate of drug-likeness (QED) is 0.921. The molecule has 1 aliphatic carbocycles. The van der Waals surface area contributed by atoms with Crippen LogP contribution in [0.3, 0.4) is 0 Å². The van der Waals surface area contributed by atoms with E-state index in [0.717, 1.165) is 6.04 Å². The average molecular weight is 308 g/mol. The number of nitrogens with one attached hydrogen (secondary N) is 1. The van der Waals surface area contributed by atoms with Crippen molar-refractivity contribution in [2.75, 3.05) is 13.1 Å². The molecule has 1 aromatic heterocycles. The molecule has 2 heterocycles. The predicted octanol–water partition coefficient (Wildman–Crippen LogP) is 3.60. The fourth-order valence-electron chi connectivity index (χ4n) is 3.39. The van der Waals surface area contributed by atoms with E-state index in [1.54, 1.807) is 0 Å². The summed E-state index contributed by atoms with van der Waals surface area (Å²) in [7, 11) is 0. The molecule has 1 aromatic rings. The molecule has 0 bridgehead atoms. The van der Waals surface area contributed by atoms with Crippen LogP contribution in [0.15, 0.2) is 0 Å². The van der Waals surface area contributed by atoms with Gasteiger partial charge in [0, 0.05) is 23.5 Å². The molecule has 1 saturated carbocycles. The molecular formula is C17H29N3S. The maximum atomic E-state index is 4.94. The molecule has 0 amide bonds. The van der Waals surface area contributed by atoms with Crippen molar-refractivity contribution < 1.29 is 0 Å². The van der Waals surface area contributed by atoms with Gasteiger partial charge in [-0.05, 0) is 66.3 Å². The highest BCUT2D eigenvalue weighted by molar-refractivity contribution is 7.11. The van der Waals surface area contributed by atoms with Crippen LogP contribution in [-0.2, 0) is 5.54 Å². The third kappa shape index (κ3) is 3.33. The van der Waals surface area contributed by atoms with Crippen LogP contribution in [0.1, 0.15) is 61.5 Å². The highest BCUT2D eigenvalue weighted by Gasteiger charge is 2.41. The molecule has 21 heavy (non-hydrogen) atoms. The van der Waals surface area contributed by atoms with Gasteiger partial charge in [-0.3, -0.25) is 0 Å². The monoisotopic (exact) mass is 307 g/mol. The third-order valence-electron chi connectivity index (χ3n) is 5.10. The van der Waals surface area contributed by atoms with Crippen molar-refractivity contribution in [3.8, 4) is 0 Å². The van der Waals surface area contributed by atoms with Gasteiger partial charge in [0.1, 0.15) is 5.01 Å². The van der Waals surface area contributed by atoms with Gasteiger partial charge in [0.2, 0.25) is 0 Å². The number of aromatic nitrogens is 1. The Morgan fingerprint density at radius 2 is 2.00 bits per heavy atom. The van der Waals surface area contributed by atoms with Gasteiger partial charge in [-0.25, -0.2) is 4.98 Å².